The largest absolute Gasteiger partial charge is 0.323 e. The molecule has 1 amide bonds. The molecule has 0 saturated carbocycles. The van der Waals surface area contributed by atoms with Gasteiger partial charge in [-0.25, -0.2) is 4.98 Å². The highest BCUT2D eigenvalue weighted by atomic mass is 35.5. The number of carbonyl (C=O) groups is 1. The van der Waals surface area contributed by atoms with E-state index in [1.165, 1.54) is 6.08 Å². The third-order valence-corrected chi connectivity index (χ3v) is 5.42. The van der Waals surface area contributed by atoms with Crippen molar-refractivity contribution < 1.29 is 4.79 Å². The zero-order valence-corrected chi connectivity index (χ0v) is 18.4. The van der Waals surface area contributed by atoms with E-state index in [4.69, 9.17) is 11.6 Å². The zero-order chi connectivity index (χ0) is 22.3. The molecule has 4 rings (SSSR count). The average molecular weight is 436 g/mol. The second-order valence-electron chi connectivity index (χ2n) is 7.27. The second-order valence-corrected chi connectivity index (χ2v) is 7.67. The molecule has 0 aliphatic heterocycles. The molecule has 3 aromatic heterocycles. The molecule has 0 bridgehead atoms. The Kier molecular flexibility index (Phi) is 5.24. The van der Waals surface area contributed by atoms with Crippen LogP contribution in [0.25, 0.3) is 16.7 Å². The number of hydrogen-bond acceptors (Lipinski definition) is 5. The van der Waals surface area contributed by atoms with Crippen LogP contribution in [0.15, 0.2) is 43.2 Å². The molecule has 0 radical (unpaired) electrons. The predicted molar refractivity (Wildman–Crippen MR) is 123 cm³/mol. The minimum atomic E-state index is -0.257. The number of halogens is 1. The van der Waals surface area contributed by atoms with E-state index in [0.717, 1.165) is 33.5 Å². The maximum atomic E-state index is 11.6. The summed E-state index contributed by atoms with van der Waals surface area (Å²) >= 11 is 6.47. The van der Waals surface area contributed by atoms with Crippen molar-refractivity contribution in [3.63, 3.8) is 0 Å². The summed E-state index contributed by atoms with van der Waals surface area (Å²) in [4.78, 5) is 20.6. The maximum Gasteiger partial charge on any atom is 0.247 e. The van der Waals surface area contributed by atoms with E-state index in [1.807, 2.05) is 56.8 Å². The van der Waals surface area contributed by atoms with Crippen LogP contribution < -0.4 is 10.6 Å². The Morgan fingerprint density at radius 3 is 2.71 bits per heavy atom. The molecule has 9 heteroatoms. The van der Waals surface area contributed by atoms with Crippen molar-refractivity contribution in [2.45, 2.75) is 20.8 Å². The molecule has 8 nitrogen and oxygen atoms in total. The number of aryl methyl sites for hydroxylation is 3. The number of fused-ring (bicyclic) bond motifs is 1. The van der Waals surface area contributed by atoms with Gasteiger partial charge in [-0.15, -0.1) is 0 Å². The van der Waals surface area contributed by atoms with Crippen LogP contribution in [0.3, 0.4) is 0 Å². The third-order valence-electron chi connectivity index (χ3n) is 5.16. The van der Waals surface area contributed by atoms with Gasteiger partial charge in [0.25, 0.3) is 0 Å². The molecule has 0 atom stereocenters. The highest BCUT2D eigenvalue weighted by Gasteiger charge is 2.16. The van der Waals surface area contributed by atoms with Gasteiger partial charge in [-0.05, 0) is 50.6 Å². The Labute approximate surface area is 184 Å². The fourth-order valence-corrected chi connectivity index (χ4v) is 3.68. The van der Waals surface area contributed by atoms with E-state index in [9.17, 15) is 4.79 Å². The lowest BCUT2D eigenvalue weighted by Gasteiger charge is -2.11. The number of nitrogens with one attached hydrogen (secondary N) is 2. The zero-order valence-electron chi connectivity index (χ0n) is 17.7. The van der Waals surface area contributed by atoms with Crippen LogP contribution in [0.4, 0.5) is 17.3 Å². The molecule has 3 heterocycles. The molecule has 31 heavy (non-hydrogen) atoms. The van der Waals surface area contributed by atoms with Crippen LogP contribution in [0.5, 0.6) is 0 Å². The number of hydrogen-bond donors (Lipinski definition) is 2. The summed E-state index contributed by atoms with van der Waals surface area (Å²) in [6.45, 7) is 9.38. The maximum absolute atomic E-state index is 11.6. The van der Waals surface area contributed by atoms with Crippen LogP contribution in [0, 0.1) is 20.8 Å². The smallest absolute Gasteiger partial charge is 0.247 e. The quantitative estimate of drug-likeness (QED) is 0.447. The first-order chi connectivity index (χ1) is 14.8. The minimum absolute atomic E-state index is 0.257. The van der Waals surface area contributed by atoms with Gasteiger partial charge in [-0.1, -0.05) is 18.2 Å². The van der Waals surface area contributed by atoms with Gasteiger partial charge in [0.15, 0.2) is 5.82 Å². The van der Waals surface area contributed by atoms with Crippen LogP contribution >= 0.6 is 11.6 Å². The molecule has 0 aliphatic rings. The molecule has 0 fully saturated rings. The van der Waals surface area contributed by atoms with Crippen molar-refractivity contribution in [2.75, 3.05) is 10.6 Å². The number of rotatable bonds is 5. The van der Waals surface area contributed by atoms with E-state index >= 15 is 0 Å². The van der Waals surface area contributed by atoms with Crippen molar-refractivity contribution in [1.82, 2.24) is 24.3 Å². The first kappa shape index (κ1) is 20.6. The summed E-state index contributed by atoms with van der Waals surface area (Å²) in [6.07, 6.45) is 4.78. The number of aromatic nitrogens is 5. The van der Waals surface area contributed by atoms with Gasteiger partial charge in [-0.3, -0.25) is 14.0 Å². The fourth-order valence-electron chi connectivity index (χ4n) is 3.49. The fraction of sp³-hybridized carbons (Fsp3) is 0.182. The predicted octanol–water partition coefficient (Wildman–Crippen LogP) is 4.60. The van der Waals surface area contributed by atoms with E-state index in [1.54, 1.807) is 10.9 Å². The average Bonchev–Trinajstić information content (AvgIpc) is 3.19. The van der Waals surface area contributed by atoms with Crippen LogP contribution in [-0.4, -0.2) is 30.2 Å². The van der Waals surface area contributed by atoms with Gasteiger partial charge in [0.05, 0.1) is 28.8 Å². The lowest BCUT2D eigenvalue weighted by atomic mass is 10.2. The SMILES string of the molecule is C=CC(=O)Nc1ccc2c(c1)c(C)cn2-c1nc(Nc2c(C)nn(C)c2C)ncc1Cl. The summed E-state index contributed by atoms with van der Waals surface area (Å²) < 4.78 is 3.72. The van der Waals surface area contributed by atoms with E-state index in [0.29, 0.717) is 22.5 Å². The Morgan fingerprint density at radius 1 is 1.26 bits per heavy atom. The Morgan fingerprint density at radius 2 is 2.03 bits per heavy atom. The number of benzene rings is 1. The Bertz CT molecular complexity index is 1340. The Hall–Kier alpha value is -3.65. The molecule has 4 aromatic rings. The number of anilines is 3. The van der Waals surface area contributed by atoms with Crippen LogP contribution in [-0.2, 0) is 11.8 Å². The lowest BCUT2D eigenvalue weighted by Crippen LogP contribution is -2.07. The first-order valence-corrected chi connectivity index (χ1v) is 10.0. The topological polar surface area (TPSA) is 89.7 Å². The second kappa shape index (κ2) is 7.88. The molecule has 0 saturated heterocycles. The standard InChI is InChI=1S/C22H22ClN7O/c1-6-19(31)25-15-7-8-18-16(9-15)12(2)11-30(18)21-17(23)10-24-22(27-21)26-20-13(3)28-29(5)14(20)4/h6-11H,1H2,2-5H3,(H,25,31)(H,24,26,27). The van der Waals surface area contributed by atoms with Gasteiger partial charge in [-0.2, -0.15) is 10.1 Å². The monoisotopic (exact) mass is 435 g/mol. The number of nitrogens with zero attached hydrogens (tertiary/aromatic N) is 5. The highest BCUT2D eigenvalue weighted by Crippen LogP contribution is 2.30. The molecule has 158 valence electrons. The van der Waals surface area contributed by atoms with Crippen molar-refractivity contribution >= 4 is 45.7 Å². The van der Waals surface area contributed by atoms with Crippen molar-refractivity contribution in [1.29, 1.82) is 0 Å². The normalized spacial score (nSPS) is 11.0. The van der Waals surface area contributed by atoms with Gasteiger partial charge in [0.1, 0.15) is 5.02 Å². The molecule has 2 N–H and O–H groups in total. The first-order valence-electron chi connectivity index (χ1n) is 9.63. The van der Waals surface area contributed by atoms with Crippen molar-refractivity contribution in [2.24, 2.45) is 7.05 Å². The molecular weight excluding hydrogens is 414 g/mol. The molecule has 0 unspecified atom stereocenters. The van der Waals surface area contributed by atoms with Crippen LogP contribution in [0.1, 0.15) is 17.0 Å². The summed E-state index contributed by atoms with van der Waals surface area (Å²) in [7, 11) is 1.89. The van der Waals surface area contributed by atoms with E-state index in [-0.39, 0.29) is 5.91 Å². The highest BCUT2D eigenvalue weighted by molar-refractivity contribution is 6.32. The van der Waals surface area contributed by atoms with E-state index in [2.05, 4.69) is 32.3 Å². The van der Waals surface area contributed by atoms with Gasteiger partial charge in [0.2, 0.25) is 11.9 Å². The van der Waals surface area contributed by atoms with Crippen LogP contribution in [0.2, 0.25) is 5.02 Å². The summed E-state index contributed by atoms with van der Waals surface area (Å²) in [5.74, 6) is 0.722. The minimum Gasteiger partial charge on any atom is -0.323 e. The summed E-state index contributed by atoms with van der Waals surface area (Å²) in [5.41, 5.74) is 5.33. The number of amides is 1. The van der Waals surface area contributed by atoms with Gasteiger partial charge < -0.3 is 10.6 Å². The third kappa shape index (κ3) is 3.77. The Balaban J connectivity index is 1.76. The molecule has 0 spiro atoms. The molecule has 0 aliphatic carbocycles. The van der Waals surface area contributed by atoms with E-state index < -0.39 is 0 Å². The number of carbonyl (C=O) groups excluding carboxylic acids is 1. The van der Waals surface area contributed by atoms with Crippen molar-refractivity contribution in [3.8, 4) is 5.82 Å². The lowest BCUT2D eigenvalue weighted by molar-refractivity contribution is -0.111. The summed E-state index contributed by atoms with van der Waals surface area (Å²) in [6, 6.07) is 5.66. The van der Waals surface area contributed by atoms with Gasteiger partial charge in [0, 0.05) is 24.3 Å². The molecule has 1 aromatic carbocycles. The van der Waals surface area contributed by atoms with Gasteiger partial charge >= 0.3 is 0 Å². The molecular formula is C22H22ClN7O. The summed E-state index contributed by atoms with van der Waals surface area (Å²) in [5, 5.41) is 11.9. The van der Waals surface area contributed by atoms with Crippen molar-refractivity contribution in [3.05, 3.63) is 65.2 Å².